The summed E-state index contributed by atoms with van der Waals surface area (Å²) < 4.78 is 64.7. The topological polar surface area (TPSA) is 117 Å². The van der Waals surface area contributed by atoms with Crippen molar-refractivity contribution < 1.29 is 31.2 Å². The van der Waals surface area contributed by atoms with E-state index in [0.717, 1.165) is 35.1 Å². The summed E-state index contributed by atoms with van der Waals surface area (Å²) in [4.78, 5) is 28.2. The molecule has 2 aromatic carbocycles. The zero-order chi connectivity index (χ0) is 24.2. The van der Waals surface area contributed by atoms with E-state index in [-0.39, 0.29) is 4.88 Å². The van der Waals surface area contributed by atoms with Gasteiger partial charge in [-0.25, -0.2) is 18.1 Å². The van der Waals surface area contributed by atoms with Gasteiger partial charge >= 0.3 is 6.18 Å². The molecule has 0 saturated carbocycles. The molecule has 3 N–H and O–H groups in total. The number of nitrogens with zero attached hydrogens (tertiary/aromatic N) is 1. The number of aryl methyl sites for hydroxylation is 1. The van der Waals surface area contributed by atoms with Crippen LogP contribution in [0.5, 0.6) is 0 Å². The third kappa shape index (κ3) is 6.15. The molecule has 3 rings (SSSR count). The molecular formula is C20H17F3N4O4S2. The Morgan fingerprint density at radius 1 is 1.03 bits per heavy atom. The minimum Gasteiger partial charge on any atom is -0.272 e. The summed E-state index contributed by atoms with van der Waals surface area (Å²) in [5.41, 5.74) is 4.32. The average Bonchev–Trinajstić information content (AvgIpc) is 3.18. The Kier molecular flexibility index (Phi) is 7.15. The highest BCUT2D eigenvalue weighted by Crippen LogP contribution is 2.30. The molecule has 33 heavy (non-hydrogen) atoms. The van der Waals surface area contributed by atoms with Crippen molar-refractivity contribution in [1.29, 1.82) is 0 Å². The summed E-state index contributed by atoms with van der Waals surface area (Å²) in [6, 6.07) is 12.3. The number of sulfonamides is 1. The lowest BCUT2D eigenvalue weighted by Gasteiger charge is -2.11. The van der Waals surface area contributed by atoms with Crippen LogP contribution in [0.4, 0.5) is 13.2 Å². The number of nitrogens with one attached hydrogen (secondary N) is 3. The number of halogens is 3. The second-order valence-electron chi connectivity index (χ2n) is 6.65. The number of aromatic nitrogens is 1. The quantitative estimate of drug-likeness (QED) is 0.452. The molecule has 0 bridgehead atoms. The van der Waals surface area contributed by atoms with Crippen molar-refractivity contribution >= 4 is 33.2 Å². The molecule has 0 fully saturated rings. The Morgan fingerprint density at radius 3 is 2.39 bits per heavy atom. The summed E-state index contributed by atoms with van der Waals surface area (Å²) in [6.07, 6.45) is -4.72. The van der Waals surface area contributed by atoms with E-state index in [9.17, 15) is 31.2 Å². The Labute approximate surface area is 190 Å². The molecule has 1 heterocycles. The van der Waals surface area contributed by atoms with Crippen LogP contribution in [-0.4, -0.2) is 31.8 Å². The second kappa shape index (κ2) is 9.68. The summed E-state index contributed by atoms with van der Waals surface area (Å²) in [6.45, 7) is 0.818. The van der Waals surface area contributed by atoms with Gasteiger partial charge in [-0.1, -0.05) is 36.4 Å². The van der Waals surface area contributed by atoms with Crippen LogP contribution in [0.15, 0.2) is 59.5 Å². The Balaban J connectivity index is 1.58. The first kappa shape index (κ1) is 24.4. The number of thiazole rings is 1. The van der Waals surface area contributed by atoms with Crippen molar-refractivity contribution in [2.75, 3.05) is 6.54 Å². The standard InChI is InChI=1S/C20H17F3N4O4S2/c1-12-17(32-19(25-12)13-6-3-2-4-7-13)18(29)27-26-16(28)11-24-33(30,31)15-9-5-8-14(10-15)20(21,22)23/h2-10,24H,11H2,1H3,(H,26,28)(H,27,29). The maximum absolute atomic E-state index is 12.8. The van der Waals surface area contributed by atoms with Gasteiger partial charge in [0.05, 0.1) is 22.7 Å². The number of carbonyl (C=O) groups excluding carboxylic acids is 2. The van der Waals surface area contributed by atoms with Gasteiger partial charge in [-0.15, -0.1) is 11.3 Å². The lowest BCUT2D eigenvalue weighted by molar-refractivity contribution is -0.137. The van der Waals surface area contributed by atoms with E-state index in [0.29, 0.717) is 16.8 Å². The van der Waals surface area contributed by atoms with E-state index in [1.165, 1.54) is 0 Å². The van der Waals surface area contributed by atoms with Gasteiger partial charge in [0.2, 0.25) is 10.0 Å². The van der Waals surface area contributed by atoms with Crippen LogP contribution in [0.2, 0.25) is 0 Å². The van der Waals surface area contributed by atoms with E-state index in [1.807, 2.05) is 35.1 Å². The number of alkyl halides is 3. The fourth-order valence-corrected chi connectivity index (χ4v) is 4.62. The lowest BCUT2D eigenvalue weighted by atomic mass is 10.2. The van der Waals surface area contributed by atoms with Gasteiger partial charge in [0.15, 0.2) is 0 Å². The lowest BCUT2D eigenvalue weighted by Crippen LogP contribution is -2.46. The van der Waals surface area contributed by atoms with Crippen molar-refractivity contribution in [2.45, 2.75) is 18.0 Å². The molecular weight excluding hydrogens is 481 g/mol. The van der Waals surface area contributed by atoms with Crippen molar-refractivity contribution in [1.82, 2.24) is 20.6 Å². The van der Waals surface area contributed by atoms with Crippen LogP contribution in [-0.2, 0) is 21.0 Å². The van der Waals surface area contributed by atoms with Crippen molar-refractivity contribution in [2.24, 2.45) is 0 Å². The fourth-order valence-electron chi connectivity index (χ4n) is 2.62. The summed E-state index contributed by atoms with van der Waals surface area (Å²) in [7, 11) is -4.39. The first-order valence-electron chi connectivity index (χ1n) is 9.26. The van der Waals surface area contributed by atoms with Crippen molar-refractivity contribution in [3.8, 4) is 10.6 Å². The maximum Gasteiger partial charge on any atom is 0.416 e. The highest BCUT2D eigenvalue weighted by molar-refractivity contribution is 7.89. The molecule has 13 heteroatoms. The Morgan fingerprint density at radius 2 is 1.73 bits per heavy atom. The molecule has 0 saturated heterocycles. The van der Waals surface area contributed by atoms with E-state index < -0.39 is 45.0 Å². The first-order valence-corrected chi connectivity index (χ1v) is 11.6. The number of carbonyl (C=O) groups is 2. The van der Waals surface area contributed by atoms with Crippen LogP contribution in [0.3, 0.4) is 0 Å². The largest absolute Gasteiger partial charge is 0.416 e. The number of rotatable bonds is 6. The van der Waals surface area contributed by atoms with E-state index in [4.69, 9.17) is 0 Å². The van der Waals surface area contributed by atoms with Gasteiger partial charge in [0.25, 0.3) is 11.8 Å². The third-order valence-corrected chi connectivity index (χ3v) is 6.84. The molecule has 0 unspecified atom stereocenters. The zero-order valence-electron chi connectivity index (χ0n) is 16.9. The van der Waals surface area contributed by atoms with E-state index in [2.05, 4.69) is 15.8 Å². The van der Waals surface area contributed by atoms with Gasteiger partial charge in [0.1, 0.15) is 9.88 Å². The van der Waals surface area contributed by atoms with Crippen molar-refractivity contribution in [3.63, 3.8) is 0 Å². The molecule has 0 aliphatic carbocycles. The monoisotopic (exact) mass is 498 g/mol. The number of hydrazine groups is 1. The summed E-state index contributed by atoms with van der Waals surface area (Å²) in [5, 5.41) is 0.610. The average molecular weight is 499 g/mol. The van der Waals surface area contributed by atoms with Gasteiger partial charge in [-0.2, -0.15) is 13.2 Å². The minimum atomic E-state index is -4.72. The van der Waals surface area contributed by atoms with Crippen LogP contribution in [0, 0.1) is 6.92 Å². The molecule has 0 spiro atoms. The number of amides is 2. The van der Waals surface area contributed by atoms with Crippen LogP contribution >= 0.6 is 11.3 Å². The smallest absolute Gasteiger partial charge is 0.272 e. The SMILES string of the molecule is Cc1nc(-c2ccccc2)sc1C(=O)NNC(=O)CNS(=O)(=O)c1cccc(C(F)(F)F)c1. The highest BCUT2D eigenvalue weighted by Gasteiger charge is 2.31. The third-order valence-electron chi connectivity index (χ3n) is 4.23. The van der Waals surface area contributed by atoms with Gasteiger partial charge < -0.3 is 0 Å². The first-order chi connectivity index (χ1) is 15.5. The molecule has 174 valence electrons. The molecule has 3 aromatic rings. The van der Waals surface area contributed by atoms with Crippen molar-refractivity contribution in [3.05, 3.63) is 70.7 Å². The van der Waals surface area contributed by atoms with Gasteiger partial charge in [0, 0.05) is 5.56 Å². The number of benzene rings is 2. The predicted octanol–water partition coefficient (Wildman–Crippen LogP) is 2.88. The zero-order valence-corrected chi connectivity index (χ0v) is 18.6. The Hall–Kier alpha value is -3.29. The molecule has 0 aliphatic heterocycles. The van der Waals surface area contributed by atoms with E-state index >= 15 is 0 Å². The molecule has 2 amide bonds. The van der Waals surface area contributed by atoms with Crippen LogP contribution < -0.4 is 15.6 Å². The highest BCUT2D eigenvalue weighted by atomic mass is 32.2. The minimum absolute atomic E-state index is 0.249. The van der Waals surface area contributed by atoms with Crippen LogP contribution in [0.25, 0.3) is 10.6 Å². The number of hydrogen-bond donors (Lipinski definition) is 3. The van der Waals surface area contributed by atoms with E-state index in [1.54, 1.807) is 6.92 Å². The fraction of sp³-hybridized carbons (Fsp3) is 0.150. The Bertz CT molecular complexity index is 1280. The summed E-state index contributed by atoms with van der Waals surface area (Å²) >= 11 is 1.11. The number of hydrogen-bond acceptors (Lipinski definition) is 6. The normalized spacial score (nSPS) is 11.8. The molecule has 8 nitrogen and oxygen atoms in total. The van der Waals surface area contributed by atoms with Gasteiger partial charge in [-0.3, -0.25) is 20.4 Å². The van der Waals surface area contributed by atoms with Crippen LogP contribution in [0.1, 0.15) is 20.9 Å². The molecule has 1 aromatic heterocycles. The predicted molar refractivity (Wildman–Crippen MR) is 115 cm³/mol. The molecule has 0 radical (unpaired) electrons. The maximum atomic E-state index is 12.8. The summed E-state index contributed by atoms with van der Waals surface area (Å²) in [5.74, 6) is -1.58. The second-order valence-corrected chi connectivity index (χ2v) is 9.42. The molecule has 0 atom stereocenters. The molecule has 0 aliphatic rings. The van der Waals surface area contributed by atoms with Gasteiger partial charge in [-0.05, 0) is 25.1 Å².